The number of carbonyl (C=O) groups excluding carboxylic acids is 1. The summed E-state index contributed by atoms with van der Waals surface area (Å²) in [5, 5.41) is 76.4. The molecule has 11 nitrogen and oxygen atoms in total. The van der Waals surface area contributed by atoms with Gasteiger partial charge in [-0.3, -0.25) is 4.79 Å². The highest BCUT2D eigenvalue weighted by molar-refractivity contribution is 5.80. The molecule has 0 radical (unpaired) electrons. The molecule has 1 rings (SSSR count). The Labute approximate surface area is 486 Å². The molecule has 1 heterocycles. The molecule has 0 aromatic heterocycles. The number of hydrogen-bond donors (Lipinski definition) is 8. The van der Waals surface area contributed by atoms with Gasteiger partial charge in [-0.05, 0) is 77.0 Å². The van der Waals surface area contributed by atoms with Crippen molar-refractivity contribution in [1.82, 2.24) is 5.32 Å². The van der Waals surface area contributed by atoms with Crippen LogP contribution in [0.15, 0.2) is 36.5 Å². The van der Waals surface area contributed by atoms with Gasteiger partial charge in [0.15, 0.2) is 6.29 Å². The molecule has 0 aromatic rings. The summed E-state index contributed by atoms with van der Waals surface area (Å²) in [4.78, 5) is 13.2. The zero-order valence-electron chi connectivity index (χ0n) is 51.4. The summed E-state index contributed by atoms with van der Waals surface area (Å²) in [6.07, 6.45) is 60.8. The van der Waals surface area contributed by atoms with Crippen molar-refractivity contribution in [1.29, 1.82) is 0 Å². The van der Waals surface area contributed by atoms with Crippen LogP contribution < -0.4 is 5.32 Å². The molecule has 0 aromatic carbocycles. The van der Waals surface area contributed by atoms with Crippen molar-refractivity contribution in [2.75, 3.05) is 13.2 Å². The first kappa shape index (κ1) is 75.3. The molecule has 9 unspecified atom stereocenters. The lowest BCUT2D eigenvalue weighted by molar-refractivity contribution is -0.303. The molecule has 1 aliphatic heterocycles. The second kappa shape index (κ2) is 56.8. The van der Waals surface area contributed by atoms with Crippen molar-refractivity contribution in [3.63, 3.8) is 0 Å². The monoisotopic (exact) mass is 1120 g/mol. The molecule has 1 amide bonds. The van der Waals surface area contributed by atoms with Crippen LogP contribution >= 0.6 is 0 Å². The van der Waals surface area contributed by atoms with Gasteiger partial charge in [0.1, 0.15) is 36.6 Å². The number of amides is 1. The van der Waals surface area contributed by atoms with Crippen LogP contribution in [0.5, 0.6) is 0 Å². The third-order valence-corrected chi connectivity index (χ3v) is 16.4. The molecule has 11 heteroatoms. The second-order valence-electron chi connectivity index (χ2n) is 23.9. The van der Waals surface area contributed by atoms with Gasteiger partial charge in [-0.2, -0.15) is 0 Å². The summed E-state index contributed by atoms with van der Waals surface area (Å²) in [5.41, 5.74) is 0. The van der Waals surface area contributed by atoms with Crippen LogP contribution in [0.1, 0.15) is 322 Å². The van der Waals surface area contributed by atoms with Gasteiger partial charge in [0.2, 0.25) is 5.91 Å². The minimum absolute atomic E-state index is 0.244. The topological polar surface area (TPSA) is 189 Å². The molecule has 1 aliphatic rings. The van der Waals surface area contributed by atoms with E-state index in [0.717, 1.165) is 57.8 Å². The highest BCUT2D eigenvalue weighted by Crippen LogP contribution is 2.24. The summed E-state index contributed by atoms with van der Waals surface area (Å²) in [7, 11) is 0. The predicted octanol–water partition coefficient (Wildman–Crippen LogP) is 15.8. The highest BCUT2D eigenvalue weighted by atomic mass is 16.7. The van der Waals surface area contributed by atoms with Gasteiger partial charge >= 0.3 is 0 Å². The Bertz CT molecular complexity index is 1380. The molecule has 8 N–H and O–H groups in total. The van der Waals surface area contributed by atoms with Gasteiger partial charge in [-0.15, -0.1) is 0 Å². The van der Waals surface area contributed by atoms with Crippen LogP contribution in [-0.2, 0) is 14.3 Å². The van der Waals surface area contributed by atoms with E-state index in [1.54, 1.807) is 0 Å². The maximum atomic E-state index is 13.2. The minimum Gasteiger partial charge on any atom is -0.394 e. The van der Waals surface area contributed by atoms with E-state index in [0.29, 0.717) is 19.3 Å². The van der Waals surface area contributed by atoms with E-state index < -0.39 is 74.2 Å². The molecular weight excluding hydrogens is 991 g/mol. The zero-order valence-corrected chi connectivity index (χ0v) is 51.4. The smallest absolute Gasteiger partial charge is 0.249 e. The van der Waals surface area contributed by atoms with Crippen LogP contribution in [0.4, 0.5) is 0 Å². The van der Waals surface area contributed by atoms with E-state index in [2.05, 4.69) is 55.6 Å². The number of allylic oxidation sites excluding steroid dienone is 6. The van der Waals surface area contributed by atoms with E-state index in [-0.39, 0.29) is 12.8 Å². The Kier molecular flexibility index (Phi) is 54.2. The van der Waals surface area contributed by atoms with Gasteiger partial charge < -0.3 is 50.5 Å². The molecule has 0 saturated carbocycles. The quantitative estimate of drug-likeness (QED) is 0.0215. The molecular formula is C68H129NO10. The predicted molar refractivity (Wildman–Crippen MR) is 330 cm³/mol. The lowest BCUT2D eigenvalue weighted by Gasteiger charge is -2.40. The first-order valence-corrected chi connectivity index (χ1v) is 33.9. The Balaban J connectivity index is 2.25. The van der Waals surface area contributed by atoms with Gasteiger partial charge in [-0.25, -0.2) is 0 Å². The number of aliphatic hydroxyl groups is 7. The first-order chi connectivity index (χ1) is 38.7. The average Bonchev–Trinajstić information content (AvgIpc) is 3.46. The molecule has 1 saturated heterocycles. The van der Waals surface area contributed by atoms with E-state index in [4.69, 9.17) is 9.47 Å². The van der Waals surface area contributed by atoms with Crippen LogP contribution in [-0.4, -0.2) is 110 Å². The third kappa shape index (κ3) is 44.5. The summed E-state index contributed by atoms with van der Waals surface area (Å²) >= 11 is 0. The summed E-state index contributed by atoms with van der Waals surface area (Å²) < 4.78 is 11.2. The van der Waals surface area contributed by atoms with Crippen molar-refractivity contribution in [2.24, 2.45) is 0 Å². The summed E-state index contributed by atoms with van der Waals surface area (Å²) in [6, 6.07) is -1.20. The van der Waals surface area contributed by atoms with Gasteiger partial charge in [-0.1, -0.05) is 281 Å². The number of nitrogens with one attached hydrogen (secondary N) is 1. The number of aliphatic hydroxyl groups excluding tert-OH is 7. The lowest BCUT2D eigenvalue weighted by Crippen LogP contribution is -2.60. The fraction of sp³-hybridized carbons (Fsp3) is 0.897. The van der Waals surface area contributed by atoms with Gasteiger partial charge in [0.25, 0.3) is 0 Å². The Morgan fingerprint density at radius 1 is 0.430 bits per heavy atom. The zero-order chi connectivity index (χ0) is 57.5. The molecule has 0 bridgehead atoms. The second-order valence-corrected chi connectivity index (χ2v) is 23.9. The Morgan fingerprint density at radius 2 is 0.759 bits per heavy atom. The van der Waals surface area contributed by atoms with Crippen molar-refractivity contribution < 1.29 is 50.0 Å². The average molecular weight is 1120 g/mol. The van der Waals surface area contributed by atoms with Crippen molar-refractivity contribution in [3.05, 3.63) is 36.5 Å². The molecule has 0 aliphatic carbocycles. The fourth-order valence-corrected chi connectivity index (χ4v) is 10.9. The maximum Gasteiger partial charge on any atom is 0.249 e. The Morgan fingerprint density at radius 3 is 1.13 bits per heavy atom. The SMILES string of the molecule is CCCCCCCCCCCCCC/C=C\CCCCCCCCC(O)C(=O)NC(COC1OC(CO)C(O)C(O)C1O)C(O)C(O)CCC/C=C/CC/C=C/CCCCCCCCCCCCCCCCCCCCCCC. The number of hydrogen-bond acceptors (Lipinski definition) is 10. The van der Waals surface area contributed by atoms with Crippen molar-refractivity contribution >= 4 is 5.91 Å². The molecule has 0 spiro atoms. The molecule has 466 valence electrons. The largest absolute Gasteiger partial charge is 0.394 e. The van der Waals surface area contributed by atoms with E-state index in [1.807, 2.05) is 0 Å². The minimum atomic E-state index is -1.67. The van der Waals surface area contributed by atoms with Crippen LogP contribution in [0.25, 0.3) is 0 Å². The van der Waals surface area contributed by atoms with Crippen LogP contribution in [0, 0.1) is 0 Å². The van der Waals surface area contributed by atoms with Crippen LogP contribution in [0.2, 0.25) is 0 Å². The van der Waals surface area contributed by atoms with Crippen LogP contribution in [0.3, 0.4) is 0 Å². The molecule has 1 fully saturated rings. The van der Waals surface area contributed by atoms with Gasteiger partial charge in [0.05, 0.1) is 25.4 Å². The normalized spacial score (nSPS) is 19.5. The molecule has 9 atom stereocenters. The number of ether oxygens (including phenoxy) is 2. The van der Waals surface area contributed by atoms with E-state index in [9.17, 15) is 40.5 Å². The van der Waals surface area contributed by atoms with E-state index >= 15 is 0 Å². The Hall–Kier alpha value is -1.67. The fourth-order valence-electron chi connectivity index (χ4n) is 10.9. The number of unbranched alkanes of at least 4 members (excludes halogenated alkanes) is 41. The maximum absolute atomic E-state index is 13.2. The third-order valence-electron chi connectivity index (χ3n) is 16.4. The summed E-state index contributed by atoms with van der Waals surface area (Å²) in [5.74, 6) is -0.711. The highest BCUT2D eigenvalue weighted by Gasteiger charge is 2.44. The number of carbonyl (C=O) groups is 1. The lowest BCUT2D eigenvalue weighted by atomic mass is 9.98. The standard InChI is InChI=1S/C68H129NO10/c1-3-5-7-9-11-13-15-17-19-21-23-25-27-28-29-30-31-32-33-34-36-37-39-41-43-45-47-49-51-53-55-60(71)63(73)59(58-78-68-66(76)65(75)64(74)62(57-70)79-68)69-67(77)61(72)56-54-52-50-48-46-44-42-40-38-35-26-24-22-20-18-16-14-12-10-8-6-4-2/h38-41,47,49,59-66,68,70-76H,3-37,42-46,48,50-58H2,1-2H3,(H,69,77)/b40-38-,41-39+,49-47+. The van der Waals surface area contributed by atoms with Gasteiger partial charge in [0, 0.05) is 0 Å². The molecule has 79 heavy (non-hydrogen) atoms. The van der Waals surface area contributed by atoms with E-state index in [1.165, 1.54) is 218 Å². The van der Waals surface area contributed by atoms with Crippen molar-refractivity contribution in [3.8, 4) is 0 Å². The first-order valence-electron chi connectivity index (χ1n) is 33.9. The summed E-state index contributed by atoms with van der Waals surface area (Å²) in [6.45, 7) is 3.48. The number of rotatable bonds is 59. The van der Waals surface area contributed by atoms with Crippen molar-refractivity contribution in [2.45, 2.75) is 377 Å².